The number of fused-ring (bicyclic) bond motifs is 1. The van der Waals surface area contributed by atoms with Gasteiger partial charge in [0.05, 0.1) is 22.8 Å². The van der Waals surface area contributed by atoms with Crippen LogP contribution in [0, 0.1) is 18.3 Å². The van der Waals surface area contributed by atoms with E-state index in [2.05, 4.69) is 13.0 Å². The molecule has 0 aliphatic heterocycles. The molecule has 0 aliphatic carbocycles. The highest BCUT2D eigenvalue weighted by molar-refractivity contribution is 5.79. The number of pyridine rings is 1. The zero-order valence-electron chi connectivity index (χ0n) is 21.1. The number of aryl methyl sites for hydroxylation is 2. The molecule has 0 saturated heterocycles. The number of benzene rings is 3. The first kappa shape index (κ1) is 24.1. The molecule has 0 N–H and O–H groups in total. The number of unbranched alkanes of at least 4 members (excludes halogenated alkanes) is 1. The van der Waals surface area contributed by atoms with Crippen molar-refractivity contribution in [3.05, 3.63) is 123 Å². The summed E-state index contributed by atoms with van der Waals surface area (Å²) in [4.78, 5) is 23.6. The summed E-state index contributed by atoms with van der Waals surface area (Å²) in [6.07, 6.45) is 3.25. The fourth-order valence-electron chi connectivity index (χ4n) is 4.74. The molecule has 5 rings (SSSR count). The van der Waals surface area contributed by atoms with Gasteiger partial charge < -0.3 is 0 Å². The summed E-state index contributed by atoms with van der Waals surface area (Å²) in [7, 11) is 0. The van der Waals surface area contributed by atoms with Crippen molar-refractivity contribution < 1.29 is 0 Å². The molecule has 5 nitrogen and oxygen atoms in total. The Kier molecular flexibility index (Phi) is 6.91. The molecule has 2 heterocycles. The Hall–Kier alpha value is -4.56. The average molecular weight is 485 g/mol. The van der Waals surface area contributed by atoms with Crippen LogP contribution in [0.3, 0.4) is 0 Å². The van der Waals surface area contributed by atoms with Crippen LogP contribution in [0.2, 0.25) is 0 Å². The first-order valence-corrected chi connectivity index (χ1v) is 12.6. The minimum atomic E-state index is -0.0692. The maximum Gasteiger partial charge on any atom is 0.263 e. The summed E-state index contributed by atoms with van der Waals surface area (Å²) in [5.74, 6) is 1.23. The molecule has 0 radical (unpaired) electrons. The Bertz CT molecular complexity index is 1680. The van der Waals surface area contributed by atoms with E-state index in [0.29, 0.717) is 29.2 Å². The normalized spacial score (nSPS) is 10.9. The van der Waals surface area contributed by atoms with Crippen LogP contribution in [0.1, 0.15) is 48.0 Å². The maximum atomic E-state index is 13.9. The third-order valence-corrected chi connectivity index (χ3v) is 6.70. The van der Waals surface area contributed by atoms with E-state index in [9.17, 15) is 10.1 Å². The van der Waals surface area contributed by atoms with E-state index >= 15 is 0 Å². The molecular weight excluding hydrogens is 456 g/mol. The van der Waals surface area contributed by atoms with Crippen molar-refractivity contribution in [2.24, 2.45) is 0 Å². The van der Waals surface area contributed by atoms with Crippen LogP contribution in [0.5, 0.6) is 0 Å². The molecule has 5 aromatic rings. The highest BCUT2D eigenvalue weighted by Gasteiger charge is 2.17. The Labute approximate surface area is 216 Å². The molecule has 5 heteroatoms. The highest BCUT2D eigenvalue weighted by Crippen LogP contribution is 2.24. The van der Waals surface area contributed by atoms with Gasteiger partial charge in [-0.05, 0) is 60.7 Å². The monoisotopic (exact) mass is 484 g/mol. The molecule has 0 bridgehead atoms. The summed E-state index contributed by atoms with van der Waals surface area (Å²) < 4.78 is 1.63. The van der Waals surface area contributed by atoms with Crippen LogP contribution >= 0.6 is 0 Å². The van der Waals surface area contributed by atoms with E-state index in [1.807, 2.05) is 91.9 Å². The van der Waals surface area contributed by atoms with E-state index in [-0.39, 0.29) is 5.56 Å². The van der Waals surface area contributed by atoms with E-state index in [1.54, 1.807) is 4.57 Å². The molecule has 0 aliphatic rings. The number of nitriles is 1. The van der Waals surface area contributed by atoms with Crippen molar-refractivity contribution in [1.82, 2.24) is 14.5 Å². The second-order valence-electron chi connectivity index (χ2n) is 9.22. The van der Waals surface area contributed by atoms with Crippen LogP contribution in [0.4, 0.5) is 0 Å². The number of aromatic nitrogens is 3. The molecule has 3 aromatic carbocycles. The van der Waals surface area contributed by atoms with Gasteiger partial charge in [-0.1, -0.05) is 74.0 Å². The summed E-state index contributed by atoms with van der Waals surface area (Å²) in [5, 5.41) is 10.5. The van der Waals surface area contributed by atoms with E-state index < -0.39 is 0 Å². The van der Waals surface area contributed by atoms with Gasteiger partial charge in [0.15, 0.2) is 0 Å². The van der Waals surface area contributed by atoms with Crippen LogP contribution in [0.25, 0.3) is 27.8 Å². The molecule has 0 saturated carbocycles. The molecular formula is C32H28N4O. The predicted octanol–water partition coefficient (Wildman–Crippen LogP) is 6.56. The lowest BCUT2D eigenvalue weighted by atomic mass is 9.97. The second-order valence-corrected chi connectivity index (χ2v) is 9.22. The Morgan fingerprint density at radius 2 is 1.65 bits per heavy atom. The topological polar surface area (TPSA) is 71.6 Å². The van der Waals surface area contributed by atoms with Gasteiger partial charge in [-0.3, -0.25) is 4.79 Å². The van der Waals surface area contributed by atoms with Gasteiger partial charge in [0.25, 0.3) is 5.56 Å². The predicted molar refractivity (Wildman–Crippen MR) is 148 cm³/mol. The van der Waals surface area contributed by atoms with Crippen molar-refractivity contribution in [2.75, 3.05) is 0 Å². The fourth-order valence-corrected chi connectivity index (χ4v) is 4.74. The van der Waals surface area contributed by atoms with Crippen LogP contribution in [-0.4, -0.2) is 14.5 Å². The molecule has 0 spiro atoms. The van der Waals surface area contributed by atoms with Gasteiger partial charge >= 0.3 is 0 Å². The van der Waals surface area contributed by atoms with Gasteiger partial charge in [-0.15, -0.1) is 0 Å². The van der Waals surface area contributed by atoms with E-state index in [0.717, 1.165) is 52.5 Å². The molecule has 2 aromatic heterocycles. The molecule has 0 unspecified atom stereocenters. The molecule has 182 valence electrons. The fraction of sp³-hybridized carbons (Fsp3) is 0.188. The van der Waals surface area contributed by atoms with Gasteiger partial charge in [-0.2, -0.15) is 5.26 Å². The van der Waals surface area contributed by atoms with Crippen LogP contribution < -0.4 is 5.56 Å². The van der Waals surface area contributed by atoms with Crippen molar-refractivity contribution in [3.8, 4) is 23.0 Å². The van der Waals surface area contributed by atoms with E-state index in [4.69, 9.17) is 9.97 Å². The minimum absolute atomic E-state index is 0.0692. The zero-order chi connectivity index (χ0) is 25.8. The summed E-state index contributed by atoms with van der Waals surface area (Å²) in [5.41, 5.74) is 5.90. The maximum absolute atomic E-state index is 13.9. The lowest BCUT2D eigenvalue weighted by Crippen LogP contribution is -2.29. The average Bonchev–Trinajstić information content (AvgIpc) is 2.94. The lowest BCUT2D eigenvalue weighted by Gasteiger charge is -2.15. The number of rotatable bonds is 7. The van der Waals surface area contributed by atoms with Crippen LogP contribution in [0.15, 0.2) is 89.7 Å². The van der Waals surface area contributed by atoms with Gasteiger partial charge in [0.2, 0.25) is 0 Å². The van der Waals surface area contributed by atoms with Gasteiger partial charge in [0, 0.05) is 17.4 Å². The first-order valence-electron chi connectivity index (χ1n) is 12.6. The zero-order valence-corrected chi connectivity index (χ0v) is 21.1. The molecule has 0 atom stereocenters. The van der Waals surface area contributed by atoms with Gasteiger partial charge in [0.1, 0.15) is 11.6 Å². The highest BCUT2D eigenvalue weighted by atomic mass is 16.1. The molecule has 0 fully saturated rings. The molecule has 37 heavy (non-hydrogen) atoms. The Balaban J connectivity index is 1.56. The summed E-state index contributed by atoms with van der Waals surface area (Å²) in [6.45, 7) is 4.02. The largest absolute Gasteiger partial charge is 0.268 e. The SMILES string of the molecule is CCCCc1nc(C)n(-c2ccc3ccccc3n2)c(=O)c1Cc1ccc(-c2ccccc2C#N)cc1. The number of nitrogens with zero attached hydrogens (tertiary/aromatic N) is 4. The standard InChI is InChI=1S/C32H28N4O/c1-3-4-12-30-28(20-23-14-16-24(17-15-23)27-11-7-5-10-26(27)21-33)32(37)36(22(2)34-30)31-19-18-25-9-6-8-13-29(25)35-31/h5-11,13-19H,3-4,12,20H2,1-2H3. The van der Waals surface area contributed by atoms with Crippen LogP contribution in [-0.2, 0) is 12.8 Å². The summed E-state index contributed by atoms with van der Waals surface area (Å²) in [6, 6.07) is 29.7. The first-order chi connectivity index (χ1) is 18.1. The Morgan fingerprint density at radius 1 is 0.892 bits per heavy atom. The quantitative estimate of drug-likeness (QED) is 0.262. The van der Waals surface area contributed by atoms with E-state index in [1.165, 1.54) is 0 Å². The van der Waals surface area contributed by atoms with Crippen molar-refractivity contribution in [1.29, 1.82) is 5.26 Å². The van der Waals surface area contributed by atoms with Gasteiger partial charge in [-0.25, -0.2) is 14.5 Å². The second kappa shape index (κ2) is 10.6. The minimum Gasteiger partial charge on any atom is -0.268 e. The van der Waals surface area contributed by atoms with Crippen molar-refractivity contribution in [3.63, 3.8) is 0 Å². The van der Waals surface area contributed by atoms with Crippen molar-refractivity contribution >= 4 is 10.9 Å². The van der Waals surface area contributed by atoms with Crippen molar-refractivity contribution in [2.45, 2.75) is 39.5 Å². The molecule has 0 amide bonds. The number of para-hydroxylation sites is 1. The Morgan fingerprint density at radius 3 is 2.43 bits per heavy atom. The summed E-state index contributed by atoms with van der Waals surface area (Å²) >= 11 is 0. The third kappa shape index (κ3) is 4.92. The smallest absolute Gasteiger partial charge is 0.263 e. The lowest BCUT2D eigenvalue weighted by molar-refractivity contribution is 0.730. The number of hydrogen-bond acceptors (Lipinski definition) is 4. The number of hydrogen-bond donors (Lipinski definition) is 0. The third-order valence-electron chi connectivity index (χ3n) is 6.70.